The zero-order valence-corrected chi connectivity index (χ0v) is 19.5. The SMILES string of the molecule is CC1(C)Cc2c(c(-c3ccccc3)nc3sc4c(NC5CCCCC5)ncnc4c23)CO1. The number of nitrogens with one attached hydrogen (secondary N) is 1. The van der Waals surface area contributed by atoms with Crippen LogP contribution in [0.2, 0.25) is 0 Å². The van der Waals surface area contributed by atoms with Gasteiger partial charge in [-0.3, -0.25) is 0 Å². The number of benzene rings is 1. The fourth-order valence-corrected chi connectivity index (χ4v) is 6.30. The first-order valence-electron chi connectivity index (χ1n) is 11.6. The average molecular weight is 445 g/mol. The maximum absolute atomic E-state index is 6.23. The first-order valence-corrected chi connectivity index (χ1v) is 12.5. The van der Waals surface area contributed by atoms with Gasteiger partial charge in [0.25, 0.3) is 0 Å². The van der Waals surface area contributed by atoms with E-state index >= 15 is 0 Å². The molecule has 1 saturated carbocycles. The van der Waals surface area contributed by atoms with E-state index in [0.29, 0.717) is 12.6 Å². The molecule has 3 aromatic heterocycles. The molecule has 1 fully saturated rings. The molecule has 0 saturated heterocycles. The summed E-state index contributed by atoms with van der Waals surface area (Å²) in [6.07, 6.45) is 8.92. The summed E-state index contributed by atoms with van der Waals surface area (Å²) in [6, 6.07) is 11.0. The number of aromatic nitrogens is 3. The number of rotatable bonds is 3. The second-order valence-corrected chi connectivity index (χ2v) is 10.7. The van der Waals surface area contributed by atoms with Crippen molar-refractivity contribution in [3.8, 4) is 11.3 Å². The Kier molecular flexibility index (Phi) is 4.88. The molecule has 0 bridgehead atoms. The molecule has 0 radical (unpaired) electrons. The van der Waals surface area contributed by atoms with Crippen molar-refractivity contribution in [3.05, 3.63) is 47.8 Å². The topological polar surface area (TPSA) is 59.9 Å². The van der Waals surface area contributed by atoms with E-state index in [1.54, 1.807) is 17.7 Å². The van der Waals surface area contributed by atoms with E-state index in [-0.39, 0.29) is 5.60 Å². The maximum atomic E-state index is 6.23. The van der Waals surface area contributed by atoms with Crippen LogP contribution < -0.4 is 5.32 Å². The van der Waals surface area contributed by atoms with Crippen molar-refractivity contribution < 1.29 is 4.74 Å². The number of thiophene rings is 1. The number of hydrogen-bond acceptors (Lipinski definition) is 6. The molecule has 0 atom stereocenters. The van der Waals surface area contributed by atoms with E-state index in [9.17, 15) is 0 Å². The van der Waals surface area contributed by atoms with E-state index in [1.807, 2.05) is 6.07 Å². The Morgan fingerprint density at radius 1 is 1.03 bits per heavy atom. The van der Waals surface area contributed by atoms with Crippen LogP contribution in [0.3, 0.4) is 0 Å². The summed E-state index contributed by atoms with van der Waals surface area (Å²) in [5, 5.41) is 4.92. The predicted molar refractivity (Wildman–Crippen MR) is 131 cm³/mol. The molecule has 0 amide bonds. The van der Waals surface area contributed by atoms with Crippen LogP contribution in [0.15, 0.2) is 36.7 Å². The third-order valence-electron chi connectivity index (χ3n) is 6.82. The summed E-state index contributed by atoms with van der Waals surface area (Å²) >= 11 is 1.72. The molecule has 4 heterocycles. The highest BCUT2D eigenvalue weighted by molar-refractivity contribution is 7.26. The molecule has 2 aliphatic rings. The van der Waals surface area contributed by atoms with Crippen LogP contribution in [0.5, 0.6) is 0 Å². The number of ether oxygens (including phenoxy) is 1. The van der Waals surface area contributed by atoms with E-state index in [2.05, 4.69) is 48.4 Å². The fraction of sp³-hybridized carbons (Fsp3) is 0.423. The zero-order chi connectivity index (χ0) is 21.7. The van der Waals surface area contributed by atoms with Crippen molar-refractivity contribution in [3.63, 3.8) is 0 Å². The van der Waals surface area contributed by atoms with Crippen molar-refractivity contribution in [2.45, 2.75) is 70.6 Å². The van der Waals surface area contributed by atoms with Gasteiger partial charge in [0, 0.05) is 29.0 Å². The Labute approximate surface area is 192 Å². The Hall–Kier alpha value is -2.57. The zero-order valence-electron chi connectivity index (χ0n) is 18.6. The first kappa shape index (κ1) is 20.1. The van der Waals surface area contributed by atoms with Gasteiger partial charge in [-0.1, -0.05) is 49.6 Å². The summed E-state index contributed by atoms with van der Waals surface area (Å²) in [6.45, 7) is 4.92. The van der Waals surface area contributed by atoms with Gasteiger partial charge in [0.1, 0.15) is 17.0 Å². The van der Waals surface area contributed by atoms with E-state index < -0.39 is 0 Å². The minimum atomic E-state index is -0.209. The highest BCUT2D eigenvalue weighted by Crippen LogP contribution is 2.44. The van der Waals surface area contributed by atoms with Gasteiger partial charge in [-0.25, -0.2) is 15.0 Å². The number of nitrogens with zero attached hydrogens (tertiary/aromatic N) is 3. The molecule has 164 valence electrons. The molecular weight excluding hydrogens is 416 g/mol. The second kappa shape index (κ2) is 7.78. The summed E-state index contributed by atoms with van der Waals surface area (Å²) in [5.41, 5.74) is 5.52. The molecule has 6 rings (SSSR count). The smallest absolute Gasteiger partial charge is 0.147 e. The summed E-state index contributed by atoms with van der Waals surface area (Å²) in [7, 11) is 0. The number of pyridine rings is 1. The number of hydrogen-bond donors (Lipinski definition) is 1. The van der Waals surface area contributed by atoms with E-state index in [1.165, 1.54) is 48.6 Å². The minimum absolute atomic E-state index is 0.209. The van der Waals surface area contributed by atoms with Crippen molar-refractivity contribution in [1.29, 1.82) is 0 Å². The van der Waals surface area contributed by atoms with Crippen molar-refractivity contribution in [2.24, 2.45) is 0 Å². The molecule has 1 aliphatic carbocycles. The van der Waals surface area contributed by atoms with Crippen LogP contribution in [0, 0.1) is 0 Å². The highest BCUT2D eigenvalue weighted by Gasteiger charge is 2.32. The highest BCUT2D eigenvalue weighted by atomic mass is 32.1. The average Bonchev–Trinajstić information content (AvgIpc) is 3.19. The predicted octanol–water partition coefficient (Wildman–Crippen LogP) is 6.50. The Morgan fingerprint density at radius 3 is 2.66 bits per heavy atom. The lowest BCUT2D eigenvalue weighted by Gasteiger charge is -2.33. The summed E-state index contributed by atoms with van der Waals surface area (Å²) in [4.78, 5) is 15.6. The molecule has 0 spiro atoms. The molecule has 1 aromatic carbocycles. The lowest BCUT2D eigenvalue weighted by atomic mass is 9.88. The van der Waals surface area contributed by atoms with Crippen LogP contribution in [0.1, 0.15) is 57.1 Å². The van der Waals surface area contributed by atoms with Crippen molar-refractivity contribution in [2.75, 3.05) is 5.32 Å². The Morgan fingerprint density at radius 2 is 1.84 bits per heavy atom. The molecule has 1 aliphatic heterocycles. The van der Waals surface area contributed by atoms with E-state index in [4.69, 9.17) is 14.7 Å². The molecule has 0 unspecified atom stereocenters. The Balaban J connectivity index is 1.57. The second-order valence-electron chi connectivity index (χ2n) is 9.67. The minimum Gasteiger partial charge on any atom is -0.370 e. The standard InChI is InChI=1S/C26H28N4OS/c1-26(2)13-18-19(14-31-26)21(16-9-5-3-6-10-16)30-25-20(18)22-23(32-25)24(28-15-27-22)29-17-11-7-4-8-12-17/h3,5-6,9-10,15,17H,4,7-8,11-14H2,1-2H3,(H,27,28,29). The van der Waals surface area contributed by atoms with Gasteiger partial charge < -0.3 is 10.1 Å². The van der Waals surface area contributed by atoms with Crippen molar-refractivity contribution in [1.82, 2.24) is 15.0 Å². The quantitative estimate of drug-likeness (QED) is 0.391. The molecule has 4 aromatic rings. The van der Waals surface area contributed by atoms with Crippen LogP contribution >= 0.6 is 11.3 Å². The van der Waals surface area contributed by atoms with Crippen LogP contribution in [-0.2, 0) is 17.8 Å². The van der Waals surface area contributed by atoms with Gasteiger partial charge in [0.05, 0.1) is 28.1 Å². The van der Waals surface area contributed by atoms with Gasteiger partial charge in [-0.15, -0.1) is 11.3 Å². The largest absolute Gasteiger partial charge is 0.370 e. The van der Waals surface area contributed by atoms with E-state index in [0.717, 1.165) is 38.5 Å². The number of anilines is 1. The molecule has 32 heavy (non-hydrogen) atoms. The van der Waals surface area contributed by atoms with Gasteiger partial charge in [-0.2, -0.15) is 0 Å². The maximum Gasteiger partial charge on any atom is 0.147 e. The van der Waals surface area contributed by atoms with Crippen LogP contribution in [0.25, 0.3) is 31.7 Å². The van der Waals surface area contributed by atoms with Gasteiger partial charge >= 0.3 is 0 Å². The fourth-order valence-electron chi connectivity index (χ4n) is 5.18. The molecule has 1 N–H and O–H groups in total. The molecular formula is C26H28N4OS. The lowest BCUT2D eigenvalue weighted by Crippen LogP contribution is -2.32. The molecule has 5 nitrogen and oxygen atoms in total. The summed E-state index contributed by atoms with van der Waals surface area (Å²) in [5.74, 6) is 0.964. The summed E-state index contributed by atoms with van der Waals surface area (Å²) < 4.78 is 7.36. The van der Waals surface area contributed by atoms with Gasteiger partial charge in [0.15, 0.2) is 0 Å². The third kappa shape index (κ3) is 3.46. The number of fused-ring (bicyclic) bond motifs is 5. The lowest BCUT2D eigenvalue weighted by molar-refractivity contribution is -0.0394. The third-order valence-corrected chi connectivity index (χ3v) is 7.90. The van der Waals surface area contributed by atoms with Crippen LogP contribution in [0.4, 0.5) is 5.82 Å². The molecule has 6 heteroatoms. The van der Waals surface area contributed by atoms with Crippen LogP contribution in [-0.4, -0.2) is 26.6 Å². The van der Waals surface area contributed by atoms with Crippen molar-refractivity contribution >= 4 is 37.6 Å². The normalized spacial score (nSPS) is 18.7. The Bertz CT molecular complexity index is 1290. The monoisotopic (exact) mass is 444 g/mol. The first-order chi connectivity index (χ1) is 15.6. The van der Waals surface area contributed by atoms with Gasteiger partial charge in [-0.05, 0) is 32.3 Å². The van der Waals surface area contributed by atoms with Gasteiger partial charge in [0.2, 0.25) is 0 Å².